The highest BCUT2D eigenvalue weighted by Gasteiger charge is 2.06. The molecule has 1 aromatic heterocycles. The van der Waals surface area contributed by atoms with E-state index in [1.807, 2.05) is 36.7 Å². The van der Waals surface area contributed by atoms with Gasteiger partial charge in [-0.1, -0.05) is 38.2 Å². The summed E-state index contributed by atoms with van der Waals surface area (Å²) in [6.07, 6.45) is 4.45. The molecule has 0 saturated carbocycles. The van der Waals surface area contributed by atoms with Gasteiger partial charge in [-0.25, -0.2) is 4.98 Å². The number of aromatic nitrogens is 2. The van der Waals surface area contributed by atoms with Crippen LogP contribution in [0, 0.1) is 0 Å². The molecular weight excluding hydrogens is 282 g/mol. The molecular formula is C16H21N3OS. The Bertz CT molecular complexity index is 590. The van der Waals surface area contributed by atoms with E-state index in [-0.39, 0.29) is 0 Å². The van der Waals surface area contributed by atoms with E-state index < -0.39 is 0 Å². The predicted octanol–water partition coefficient (Wildman–Crippen LogP) is 2.91. The Balaban J connectivity index is 1.86. The summed E-state index contributed by atoms with van der Waals surface area (Å²) in [5.74, 6) is 2.36. The summed E-state index contributed by atoms with van der Waals surface area (Å²) in [5.41, 5.74) is 6.63. The van der Waals surface area contributed by atoms with Crippen molar-refractivity contribution in [2.24, 2.45) is 5.73 Å². The number of nitrogens with zero attached hydrogens (tertiary/aromatic N) is 2. The first-order valence-electron chi connectivity index (χ1n) is 7.07. The Hall–Kier alpha value is -1.88. The summed E-state index contributed by atoms with van der Waals surface area (Å²) in [5, 5.41) is 0. The lowest BCUT2D eigenvalue weighted by Gasteiger charge is -2.11. The van der Waals surface area contributed by atoms with Gasteiger partial charge in [-0.2, -0.15) is 0 Å². The molecule has 0 unspecified atom stereocenters. The maximum Gasteiger partial charge on any atom is 0.119 e. The lowest BCUT2D eigenvalue weighted by molar-refractivity contribution is 0.295. The van der Waals surface area contributed by atoms with Crippen molar-refractivity contribution < 1.29 is 4.74 Å². The van der Waals surface area contributed by atoms with Gasteiger partial charge in [0, 0.05) is 24.7 Å². The van der Waals surface area contributed by atoms with Gasteiger partial charge < -0.3 is 15.0 Å². The second kappa shape index (κ2) is 7.22. The van der Waals surface area contributed by atoms with Crippen LogP contribution in [0.1, 0.15) is 31.2 Å². The third-order valence-corrected chi connectivity index (χ3v) is 3.31. The van der Waals surface area contributed by atoms with Crippen molar-refractivity contribution in [3.05, 3.63) is 48.0 Å². The van der Waals surface area contributed by atoms with E-state index in [4.69, 9.17) is 22.7 Å². The molecule has 2 aromatic rings. The average molecular weight is 303 g/mol. The Labute approximate surface area is 130 Å². The summed E-state index contributed by atoms with van der Waals surface area (Å²) in [6, 6.07) is 7.88. The van der Waals surface area contributed by atoms with Crippen molar-refractivity contribution in [1.82, 2.24) is 9.55 Å². The van der Waals surface area contributed by atoms with Gasteiger partial charge in [0.1, 0.15) is 18.2 Å². The van der Waals surface area contributed by atoms with Gasteiger partial charge in [0.15, 0.2) is 0 Å². The molecule has 0 fully saturated rings. The Morgan fingerprint density at radius 2 is 2.05 bits per heavy atom. The highest BCUT2D eigenvalue weighted by molar-refractivity contribution is 7.80. The summed E-state index contributed by atoms with van der Waals surface area (Å²) in [7, 11) is 0. The normalized spacial score (nSPS) is 10.8. The van der Waals surface area contributed by atoms with Crippen molar-refractivity contribution in [2.75, 3.05) is 6.61 Å². The minimum atomic E-state index is 0.416. The highest BCUT2D eigenvalue weighted by Crippen LogP contribution is 2.14. The van der Waals surface area contributed by atoms with Crippen LogP contribution >= 0.6 is 12.2 Å². The number of benzene rings is 1. The lowest BCUT2D eigenvalue weighted by Crippen LogP contribution is -2.12. The third kappa shape index (κ3) is 4.56. The van der Waals surface area contributed by atoms with Crippen LogP contribution in [0.25, 0.3) is 0 Å². The highest BCUT2D eigenvalue weighted by atomic mass is 32.1. The number of nitrogens with two attached hydrogens (primary N) is 1. The molecule has 0 amide bonds. The number of hydrogen-bond acceptors (Lipinski definition) is 3. The van der Waals surface area contributed by atoms with E-state index in [1.165, 1.54) is 0 Å². The van der Waals surface area contributed by atoms with Gasteiger partial charge in [-0.05, 0) is 17.7 Å². The second-order valence-electron chi connectivity index (χ2n) is 5.27. The topological polar surface area (TPSA) is 53.1 Å². The number of hydrogen-bond donors (Lipinski definition) is 1. The zero-order chi connectivity index (χ0) is 15.2. The first kappa shape index (κ1) is 15.5. The minimum absolute atomic E-state index is 0.416. The van der Waals surface area contributed by atoms with Crippen LogP contribution in [-0.4, -0.2) is 21.1 Å². The molecule has 112 valence electrons. The van der Waals surface area contributed by atoms with Crippen LogP contribution < -0.4 is 10.5 Å². The molecule has 2 rings (SSSR count). The first-order chi connectivity index (χ1) is 10.1. The summed E-state index contributed by atoms with van der Waals surface area (Å²) < 4.78 is 7.89. The molecule has 1 heterocycles. The van der Waals surface area contributed by atoms with Crippen LogP contribution in [-0.2, 0) is 13.0 Å². The Morgan fingerprint density at radius 3 is 2.67 bits per heavy atom. The molecule has 0 bridgehead atoms. The van der Waals surface area contributed by atoms with Gasteiger partial charge in [0.25, 0.3) is 0 Å². The van der Waals surface area contributed by atoms with E-state index in [2.05, 4.69) is 23.4 Å². The first-order valence-corrected chi connectivity index (χ1v) is 7.48. The summed E-state index contributed by atoms with van der Waals surface area (Å²) >= 11 is 4.90. The average Bonchev–Trinajstić information content (AvgIpc) is 2.89. The number of thiocarbonyl (C=S) groups is 1. The summed E-state index contributed by atoms with van der Waals surface area (Å²) in [6.45, 7) is 5.69. The quantitative estimate of drug-likeness (QED) is 0.799. The standard InChI is InChI=1S/C16H21N3OS/c1-12(2)16-18-7-8-19(16)9-10-20-14-5-3-13(4-6-14)11-15(17)21/h3-8,12H,9-11H2,1-2H3,(H2,17,21). The van der Waals surface area contributed by atoms with Gasteiger partial charge in [-0.3, -0.25) is 0 Å². The molecule has 0 saturated heterocycles. The number of ether oxygens (including phenoxy) is 1. The molecule has 1 aromatic carbocycles. The maximum atomic E-state index is 5.76. The molecule has 0 aliphatic carbocycles. The zero-order valence-corrected chi connectivity index (χ0v) is 13.3. The van der Waals surface area contributed by atoms with Gasteiger partial charge in [0.05, 0.1) is 11.5 Å². The van der Waals surface area contributed by atoms with Crippen LogP contribution in [0.5, 0.6) is 5.75 Å². The van der Waals surface area contributed by atoms with Crippen LogP contribution in [0.4, 0.5) is 0 Å². The van der Waals surface area contributed by atoms with Crippen LogP contribution in [0.3, 0.4) is 0 Å². The van der Waals surface area contributed by atoms with Crippen LogP contribution in [0.2, 0.25) is 0 Å². The molecule has 21 heavy (non-hydrogen) atoms. The fourth-order valence-corrected chi connectivity index (χ4v) is 2.34. The number of imidazole rings is 1. The van der Waals surface area contributed by atoms with E-state index in [1.54, 1.807) is 0 Å². The van der Waals surface area contributed by atoms with Crippen molar-refractivity contribution in [2.45, 2.75) is 32.7 Å². The molecule has 5 heteroatoms. The third-order valence-electron chi connectivity index (χ3n) is 3.17. The van der Waals surface area contributed by atoms with Crippen LogP contribution in [0.15, 0.2) is 36.7 Å². The Morgan fingerprint density at radius 1 is 1.33 bits per heavy atom. The second-order valence-corrected chi connectivity index (χ2v) is 5.79. The van der Waals surface area contributed by atoms with Crippen molar-refractivity contribution in [3.8, 4) is 5.75 Å². The van der Waals surface area contributed by atoms with Gasteiger partial charge in [0.2, 0.25) is 0 Å². The van der Waals surface area contributed by atoms with E-state index in [9.17, 15) is 0 Å². The molecule has 0 atom stereocenters. The van der Waals surface area contributed by atoms with Crippen molar-refractivity contribution >= 4 is 17.2 Å². The fraction of sp³-hybridized carbons (Fsp3) is 0.375. The molecule has 0 aliphatic heterocycles. The summed E-state index contributed by atoms with van der Waals surface area (Å²) in [4.78, 5) is 4.87. The molecule has 0 spiro atoms. The largest absolute Gasteiger partial charge is 0.492 e. The number of rotatable bonds is 7. The molecule has 0 aliphatic rings. The van der Waals surface area contributed by atoms with E-state index in [0.29, 0.717) is 23.9 Å². The molecule has 4 nitrogen and oxygen atoms in total. The van der Waals surface area contributed by atoms with E-state index in [0.717, 1.165) is 23.7 Å². The fourth-order valence-electron chi connectivity index (χ4n) is 2.18. The lowest BCUT2D eigenvalue weighted by atomic mass is 10.1. The maximum absolute atomic E-state index is 5.76. The van der Waals surface area contributed by atoms with Crippen molar-refractivity contribution in [3.63, 3.8) is 0 Å². The van der Waals surface area contributed by atoms with Gasteiger partial charge >= 0.3 is 0 Å². The monoisotopic (exact) mass is 303 g/mol. The molecule has 0 radical (unpaired) electrons. The Kier molecular flexibility index (Phi) is 5.33. The van der Waals surface area contributed by atoms with Crippen molar-refractivity contribution in [1.29, 1.82) is 0 Å². The minimum Gasteiger partial charge on any atom is -0.492 e. The SMILES string of the molecule is CC(C)c1nccn1CCOc1ccc(CC(N)=S)cc1. The zero-order valence-electron chi connectivity index (χ0n) is 12.5. The van der Waals surface area contributed by atoms with Gasteiger partial charge in [-0.15, -0.1) is 0 Å². The van der Waals surface area contributed by atoms with E-state index >= 15 is 0 Å². The predicted molar refractivity (Wildman–Crippen MR) is 88.7 cm³/mol. The molecule has 2 N–H and O–H groups in total. The smallest absolute Gasteiger partial charge is 0.119 e.